The predicted molar refractivity (Wildman–Crippen MR) is 62.5 cm³/mol. The minimum Gasteiger partial charge on any atom is -0.469 e. The summed E-state index contributed by atoms with van der Waals surface area (Å²) in [7, 11) is 0. The predicted octanol–water partition coefficient (Wildman–Crippen LogP) is 3.25. The Kier molecular flexibility index (Phi) is 3.44. The van der Waals surface area contributed by atoms with Crippen LogP contribution in [0, 0.1) is 5.82 Å². The van der Waals surface area contributed by atoms with E-state index in [1.807, 2.05) is 0 Å². The highest BCUT2D eigenvalue weighted by Crippen LogP contribution is 2.19. The van der Waals surface area contributed by atoms with Crippen LogP contribution in [0.25, 0.3) is 0 Å². The van der Waals surface area contributed by atoms with Crippen molar-refractivity contribution in [3.05, 3.63) is 53.2 Å². The second-order valence-corrected chi connectivity index (χ2v) is 3.84. The van der Waals surface area contributed by atoms with Crippen molar-refractivity contribution in [3.8, 4) is 0 Å². The van der Waals surface area contributed by atoms with Crippen LogP contribution in [0.1, 0.15) is 5.76 Å². The van der Waals surface area contributed by atoms with Gasteiger partial charge in [0.05, 0.1) is 17.7 Å². The van der Waals surface area contributed by atoms with Crippen LogP contribution < -0.4 is 5.32 Å². The van der Waals surface area contributed by atoms with Crippen LogP contribution in [0.4, 0.5) is 10.1 Å². The van der Waals surface area contributed by atoms with Crippen molar-refractivity contribution in [2.75, 3.05) is 5.32 Å². The van der Waals surface area contributed by atoms with Crippen LogP contribution in [0.3, 0.4) is 0 Å². The van der Waals surface area contributed by atoms with Crippen molar-refractivity contribution in [2.24, 2.45) is 0 Å². The lowest BCUT2D eigenvalue weighted by molar-refractivity contribution is -0.115. The molecule has 0 radical (unpaired) electrons. The Bertz CT molecular complexity index is 525. The molecule has 0 bridgehead atoms. The van der Waals surface area contributed by atoms with Gasteiger partial charge in [-0.05, 0) is 30.3 Å². The Labute approximate surface area is 102 Å². The molecule has 1 heterocycles. The normalized spacial score (nSPS) is 10.2. The van der Waals surface area contributed by atoms with Gasteiger partial charge in [0.1, 0.15) is 11.6 Å². The van der Waals surface area contributed by atoms with Crippen molar-refractivity contribution in [3.63, 3.8) is 0 Å². The van der Waals surface area contributed by atoms with Gasteiger partial charge in [0.2, 0.25) is 5.91 Å². The molecule has 88 valence electrons. The van der Waals surface area contributed by atoms with Gasteiger partial charge >= 0.3 is 0 Å². The number of nitrogens with one attached hydrogen (secondary N) is 1. The molecule has 0 spiro atoms. The molecule has 3 nitrogen and oxygen atoms in total. The van der Waals surface area contributed by atoms with Gasteiger partial charge in [-0.15, -0.1) is 0 Å². The molecule has 1 N–H and O–H groups in total. The van der Waals surface area contributed by atoms with Crippen molar-refractivity contribution in [1.29, 1.82) is 0 Å². The summed E-state index contributed by atoms with van der Waals surface area (Å²) in [5.41, 5.74) is 0.452. The largest absolute Gasteiger partial charge is 0.469 e. The Morgan fingerprint density at radius 1 is 1.41 bits per heavy atom. The van der Waals surface area contributed by atoms with Gasteiger partial charge in [-0.1, -0.05) is 11.6 Å². The summed E-state index contributed by atoms with van der Waals surface area (Å²) >= 11 is 5.60. The summed E-state index contributed by atoms with van der Waals surface area (Å²) in [5.74, 6) is -0.200. The smallest absolute Gasteiger partial charge is 0.231 e. The standard InChI is InChI=1S/C12H9ClFNO2/c13-10-6-8(3-4-11(10)14)15-12(16)7-9-2-1-5-17-9/h1-6H,7H2,(H,15,16). The van der Waals surface area contributed by atoms with Crippen LogP contribution in [0.15, 0.2) is 41.0 Å². The quantitative estimate of drug-likeness (QED) is 0.912. The van der Waals surface area contributed by atoms with Gasteiger partial charge in [0, 0.05) is 5.69 Å². The van der Waals surface area contributed by atoms with E-state index in [9.17, 15) is 9.18 Å². The van der Waals surface area contributed by atoms with E-state index in [-0.39, 0.29) is 17.4 Å². The molecular formula is C12H9ClFNO2. The van der Waals surface area contributed by atoms with E-state index < -0.39 is 5.82 Å². The number of hydrogen-bond donors (Lipinski definition) is 1. The maximum absolute atomic E-state index is 12.9. The van der Waals surface area contributed by atoms with Crippen molar-refractivity contribution < 1.29 is 13.6 Å². The molecule has 2 aromatic rings. The third-order valence-electron chi connectivity index (χ3n) is 2.12. The molecule has 1 aromatic carbocycles. The van der Waals surface area contributed by atoms with Gasteiger partial charge < -0.3 is 9.73 Å². The second-order valence-electron chi connectivity index (χ2n) is 3.43. The van der Waals surface area contributed by atoms with Gasteiger partial charge in [-0.2, -0.15) is 0 Å². The highest BCUT2D eigenvalue weighted by Gasteiger charge is 2.07. The molecule has 17 heavy (non-hydrogen) atoms. The molecule has 0 fully saturated rings. The summed E-state index contributed by atoms with van der Waals surface area (Å²) in [6.45, 7) is 0. The van der Waals surface area contributed by atoms with E-state index >= 15 is 0 Å². The van der Waals surface area contributed by atoms with E-state index in [2.05, 4.69) is 5.32 Å². The Hall–Kier alpha value is -1.81. The molecule has 2 rings (SSSR count). The lowest BCUT2D eigenvalue weighted by Gasteiger charge is -2.04. The van der Waals surface area contributed by atoms with Gasteiger partial charge in [0.15, 0.2) is 0 Å². The molecule has 0 atom stereocenters. The fraction of sp³-hybridized carbons (Fsp3) is 0.0833. The second kappa shape index (κ2) is 5.01. The van der Waals surface area contributed by atoms with Crippen LogP contribution in [0.5, 0.6) is 0 Å². The summed E-state index contributed by atoms with van der Waals surface area (Å²) in [5, 5.41) is 2.57. The molecular weight excluding hydrogens is 245 g/mol. The SMILES string of the molecule is O=C(Cc1ccco1)Nc1ccc(F)c(Cl)c1. The zero-order valence-electron chi connectivity index (χ0n) is 8.74. The van der Waals surface area contributed by atoms with Crippen molar-refractivity contribution in [1.82, 2.24) is 0 Å². The Morgan fingerprint density at radius 3 is 2.88 bits per heavy atom. The maximum Gasteiger partial charge on any atom is 0.231 e. The van der Waals surface area contributed by atoms with Crippen molar-refractivity contribution >= 4 is 23.2 Å². The number of carbonyl (C=O) groups excluding carboxylic acids is 1. The average molecular weight is 254 g/mol. The molecule has 0 unspecified atom stereocenters. The van der Waals surface area contributed by atoms with Crippen LogP contribution in [0.2, 0.25) is 5.02 Å². The van der Waals surface area contributed by atoms with E-state index in [0.717, 1.165) is 0 Å². The minimum absolute atomic E-state index is 0.0270. The highest BCUT2D eigenvalue weighted by atomic mass is 35.5. The Balaban J connectivity index is 2.00. The lowest BCUT2D eigenvalue weighted by Crippen LogP contribution is -2.13. The number of benzene rings is 1. The van der Waals surface area contributed by atoms with Gasteiger partial charge in [-0.25, -0.2) is 4.39 Å². The van der Waals surface area contributed by atoms with E-state index in [4.69, 9.17) is 16.0 Å². The van der Waals surface area contributed by atoms with Crippen LogP contribution in [-0.4, -0.2) is 5.91 Å². The fourth-order valence-corrected chi connectivity index (χ4v) is 1.53. The molecule has 1 aromatic heterocycles. The summed E-state index contributed by atoms with van der Waals surface area (Å²) in [4.78, 5) is 11.6. The third-order valence-corrected chi connectivity index (χ3v) is 2.41. The van der Waals surface area contributed by atoms with Crippen molar-refractivity contribution in [2.45, 2.75) is 6.42 Å². The van der Waals surface area contributed by atoms with E-state index in [1.165, 1.54) is 24.5 Å². The first-order valence-corrected chi connectivity index (χ1v) is 5.30. The number of rotatable bonds is 3. The number of halogens is 2. The average Bonchev–Trinajstić information content (AvgIpc) is 2.76. The summed E-state index contributed by atoms with van der Waals surface area (Å²) < 4.78 is 17.9. The first kappa shape index (κ1) is 11.7. The molecule has 0 aliphatic rings. The zero-order valence-corrected chi connectivity index (χ0v) is 9.50. The molecule has 0 saturated carbocycles. The number of hydrogen-bond acceptors (Lipinski definition) is 2. The molecule has 1 amide bonds. The van der Waals surface area contributed by atoms with Gasteiger partial charge in [-0.3, -0.25) is 4.79 Å². The Morgan fingerprint density at radius 2 is 2.24 bits per heavy atom. The molecule has 0 aliphatic carbocycles. The fourth-order valence-electron chi connectivity index (χ4n) is 1.35. The maximum atomic E-state index is 12.9. The number of anilines is 1. The molecule has 0 aliphatic heterocycles. The van der Waals surface area contributed by atoms with Crippen LogP contribution in [-0.2, 0) is 11.2 Å². The van der Waals surface area contributed by atoms with E-state index in [1.54, 1.807) is 12.1 Å². The minimum atomic E-state index is -0.518. The number of carbonyl (C=O) groups is 1. The van der Waals surface area contributed by atoms with Gasteiger partial charge in [0.25, 0.3) is 0 Å². The van der Waals surface area contributed by atoms with E-state index in [0.29, 0.717) is 11.4 Å². The summed E-state index contributed by atoms with van der Waals surface area (Å²) in [6, 6.07) is 7.41. The zero-order chi connectivity index (χ0) is 12.3. The van der Waals surface area contributed by atoms with Crippen LogP contribution >= 0.6 is 11.6 Å². The molecule has 0 saturated heterocycles. The number of amides is 1. The highest BCUT2D eigenvalue weighted by molar-refractivity contribution is 6.31. The third kappa shape index (κ3) is 3.07. The first-order chi connectivity index (χ1) is 8.15. The monoisotopic (exact) mass is 253 g/mol. The first-order valence-electron chi connectivity index (χ1n) is 4.92. The topological polar surface area (TPSA) is 42.2 Å². The number of furan rings is 1. The molecule has 5 heteroatoms. The lowest BCUT2D eigenvalue weighted by atomic mass is 10.2. The summed E-state index contributed by atoms with van der Waals surface area (Å²) in [6.07, 6.45) is 1.62.